The normalized spacial score (nSPS) is 22.8. The van der Waals surface area contributed by atoms with E-state index in [2.05, 4.69) is 43.4 Å². The minimum Gasteiger partial charge on any atom is -0.316 e. The van der Waals surface area contributed by atoms with E-state index in [-0.39, 0.29) is 5.92 Å². The molecule has 1 saturated heterocycles. The lowest BCUT2D eigenvalue weighted by Gasteiger charge is -2.24. The maximum Gasteiger partial charge on any atom is 0.150 e. The molecule has 1 N–H and O–H groups in total. The van der Waals surface area contributed by atoms with Gasteiger partial charge in [-0.25, -0.2) is 8.42 Å². The maximum atomic E-state index is 11.8. The molecule has 3 nitrogen and oxygen atoms in total. The first kappa shape index (κ1) is 15.5. The van der Waals surface area contributed by atoms with E-state index < -0.39 is 9.84 Å². The second kappa shape index (κ2) is 6.72. The zero-order chi connectivity index (χ0) is 14.6. The Balaban J connectivity index is 2.16. The van der Waals surface area contributed by atoms with Gasteiger partial charge < -0.3 is 5.32 Å². The van der Waals surface area contributed by atoms with Crippen molar-refractivity contribution < 1.29 is 8.42 Å². The summed E-state index contributed by atoms with van der Waals surface area (Å²) in [5.74, 6) is 1.26. The van der Waals surface area contributed by atoms with Crippen molar-refractivity contribution in [1.29, 1.82) is 0 Å². The summed E-state index contributed by atoms with van der Waals surface area (Å²) in [4.78, 5) is 0. The minimum atomic E-state index is -2.82. The summed E-state index contributed by atoms with van der Waals surface area (Å²) < 4.78 is 23.5. The first-order chi connectivity index (χ1) is 9.52. The van der Waals surface area contributed by atoms with E-state index in [0.717, 1.165) is 25.9 Å². The van der Waals surface area contributed by atoms with Gasteiger partial charge in [0.15, 0.2) is 9.84 Å². The third kappa shape index (κ3) is 4.06. The molecular weight excluding hydrogens is 270 g/mol. The van der Waals surface area contributed by atoms with Gasteiger partial charge in [-0.1, -0.05) is 36.8 Å². The minimum absolute atomic E-state index is 0.256. The third-order valence-corrected chi connectivity index (χ3v) is 5.89. The van der Waals surface area contributed by atoms with E-state index in [4.69, 9.17) is 0 Å². The Hall–Kier alpha value is -0.870. The van der Waals surface area contributed by atoms with Crippen LogP contribution < -0.4 is 5.32 Å². The molecule has 2 atom stereocenters. The molecule has 1 aliphatic rings. The molecule has 4 heteroatoms. The summed E-state index contributed by atoms with van der Waals surface area (Å²) >= 11 is 0. The van der Waals surface area contributed by atoms with Gasteiger partial charge in [0.1, 0.15) is 0 Å². The monoisotopic (exact) mass is 295 g/mol. The van der Waals surface area contributed by atoms with Crippen LogP contribution >= 0.6 is 0 Å². The highest BCUT2D eigenvalue weighted by Crippen LogP contribution is 2.33. The van der Waals surface area contributed by atoms with E-state index in [0.29, 0.717) is 17.4 Å². The molecule has 0 bridgehead atoms. The molecule has 20 heavy (non-hydrogen) atoms. The molecule has 0 aliphatic carbocycles. The SMILES string of the molecule is CCCNCC(c1cccc(C)c1)C1CCS(=O)(=O)C1. The zero-order valence-electron chi connectivity index (χ0n) is 12.4. The third-order valence-electron chi connectivity index (χ3n) is 4.10. The molecule has 1 fully saturated rings. The van der Waals surface area contributed by atoms with E-state index in [1.54, 1.807) is 0 Å². The summed E-state index contributed by atoms with van der Waals surface area (Å²) in [6.45, 7) is 6.10. The Kier molecular flexibility index (Phi) is 5.22. The second-order valence-electron chi connectivity index (χ2n) is 5.89. The van der Waals surface area contributed by atoms with Gasteiger partial charge in [0, 0.05) is 12.5 Å². The number of hydrogen-bond acceptors (Lipinski definition) is 3. The molecule has 1 aliphatic heterocycles. The van der Waals surface area contributed by atoms with E-state index in [9.17, 15) is 8.42 Å². The average Bonchev–Trinajstić information content (AvgIpc) is 2.75. The van der Waals surface area contributed by atoms with Gasteiger partial charge in [0.2, 0.25) is 0 Å². The molecule has 2 rings (SSSR count). The van der Waals surface area contributed by atoms with Crippen molar-refractivity contribution in [2.75, 3.05) is 24.6 Å². The van der Waals surface area contributed by atoms with Crippen LogP contribution in [0, 0.1) is 12.8 Å². The van der Waals surface area contributed by atoms with Crippen LogP contribution in [0.5, 0.6) is 0 Å². The summed E-state index contributed by atoms with van der Waals surface area (Å²) in [5, 5.41) is 3.46. The number of rotatable bonds is 6. The number of benzene rings is 1. The van der Waals surface area contributed by atoms with Crippen LogP contribution in [0.1, 0.15) is 36.8 Å². The standard InChI is InChI=1S/C16H25NO2S/c1-3-8-17-11-16(14-6-4-5-13(2)10-14)15-7-9-20(18,19)12-15/h4-6,10,15-17H,3,7-9,11-12H2,1-2H3. The quantitative estimate of drug-likeness (QED) is 0.820. The van der Waals surface area contributed by atoms with Gasteiger partial charge in [-0.15, -0.1) is 0 Å². The summed E-state index contributed by atoms with van der Waals surface area (Å²) in [6, 6.07) is 8.49. The van der Waals surface area contributed by atoms with Gasteiger partial charge in [-0.05, 0) is 37.8 Å². The molecule has 112 valence electrons. The molecule has 1 aromatic carbocycles. The Morgan fingerprint density at radius 2 is 2.20 bits per heavy atom. The van der Waals surface area contributed by atoms with Crippen LogP contribution in [0.3, 0.4) is 0 Å². The largest absolute Gasteiger partial charge is 0.316 e. The highest BCUT2D eigenvalue weighted by molar-refractivity contribution is 7.91. The van der Waals surface area contributed by atoms with Crippen molar-refractivity contribution in [3.8, 4) is 0 Å². The number of sulfone groups is 1. The molecule has 2 unspecified atom stereocenters. The second-order valence-corrected chi connectivity index (χ2v) is 8.12. The molecular formula is C16H25NO2S. The van der Waals surface area contributed by atoms with Crippen LogP contribution in [0.15, 0.2) is 24.3 Å². The smallest absolute Gasteiger partial charge is 0.150 e. The summed E-state index contributed by atoms with van der Waals surface area (Å²) in [6.07, 6.45) is 1.90. The number of hydrogen-bond donors (Lipinski definition) is 1. The summed E-state index contributed by atoms with van der Waals surface area (Å²) in [5.41, 5.74) is 2.51. The Morgan fingerprint density at radius 1 is 1.40 bits per heavy atom. The van der Waals surface area contributed by atoms with E-state index in [1.807, 2.05) is 0 Å². The van der Waals surface area contributed by atoms with Gasteiger partial charge in [-0.2, -0.15) is 0 Å². The molecule has 0 radical (unpaired) electrons. The van der Waals surface area contributed by atoms with E-state index >= 15 is 0 Å². The predicted molar refractivity (Wildman–Crippen MR) is 83.8 cm³/mol. The topological polar surface area (TPSA) is 46.2 Å². The van der Waals surface area contributed by atoms with Crippen molar-refractivity contribution in [2.24, 2.45) is 5.92 Å². The first-order valence-corrected chi connectivity index (χ1v) is 9.31. The Bertz CT molecular complexity index is 539. The van der Waals surface area contributed by atoms with Gasteiger partial charge in [0.25, 0.3) is 0 Å². The first-order valence-electron chi connectivity index (χ1n) is 7.49. The molecule has 1 aromatic rings. The fourth-order valence-corrected chi connectivity index (χ4v) is 4.91. The van der Waals surface area contributed by atoms with Crippen LogP contribution in [0.2, 0.25) is 0 Å². The Labute approximate surface area is 122 Å². The average molecular weight is 295 g/mol. The van der Waals surface area contributed by atoms with Crippen molar-refractivity contribution in [3.05, 3.63) is 35.4 Å². The molecule has 1 heterocycles. The van der Waals surface area contributed by atoms with Gasteiger partial charge >= 0.3 is 0 Å². The molecule has 0 aromatic heterocycles. The maximum absolute atomic E-state index is 11.8. The summed E-state index contributed by atoms with van der Waals surface area (Å²) in [7, 11) is -2.82. The predicted octanol–water partition coefficient (Wildman–Crippen LogP) is 2.51. The van der Waals surface area contributed by atoms with Crippen LogP contribution in [-0.4, -0.2) is 33.0 Å². The fourth-order valence-electron chi connectivity index (χ4n) is 3.03. The highest BCUT2D eigenvalue weighted by atomic mass is 32.2. The molecule has 0 spiro atoms. The van der Waals surface area contributed by atoms with Crippen LogP contribution in [-0.2, 0) is 9.84 Å². The van der Waals surface area contributed by atoms with Crippen molar-refractivity contribution in [2.45, 2.75) is 32.6 Å². The zero-order valence-corrected chi connectivity index (χ0v) is 13.2. The van der Waals surface area contributed by atoms with Crippen molar-refractivity contribution >= 4 is 9.84 Å². The van der Waals surface area contributed by atoms with Crippen molar-refractivity contribution in [3.63, 3.8) is 0 Å². The van der Waals surface area contributed by atoms with Gasteiger partial charge in [-0.3, -0.25) is 0 Å². The van der Waals surface area contributed by atoms with Crippen molar-refractivity contribution in [1.82, 2.24) is 5.32 Å². The van der Waals surface area contributed by atoms with Crippen LogP contribution in [0.25, 0.3) is 0 Å². The van der Waals surface area contributed by atoms with Gasteiger partial charge in [0.05, 0.1) is 11.5 Å². The number of nitrogens with one attached hydrogen (secondary N) is 1. The molecule has 0 amide bonds. The fraction of sp³-hybridized carbons (Fsp3) is 0.625. The lowest BCUT2D eigenvalue weighted by molar-refractivity contribution is 0.438. The lowest BCUT2D eigenvalue weighted by Crippen LogP contribution is -2.28. The van der Waals surface area contributed by atoms with E-state index in [1.165, 1.54) is 11.1 Å². The number of aryl methyl sites for hydroxylation is 1. The lowest BCUT2D eigenvalue weighted by atomic mass is 9.85. The highest BCUT2D eigenvalue weighted by Gasteiger charge is 2.34. The Morgan fingerprint density at radius 3 is 2.80 bits per heavy atom. The van der Waals surface area contributed by atoms with Crippen LogP contribution in [0.4, 0.5) is 0 Å². The molecule has 0 saturated carbocycles.